The lowest BCUT2D eigenvalue weighted by atomic mass is 10.1. The van der Waals surface area contributed by atoms with Crippen molar-refractivity contribution in [2.24, 2.45) is 0 Å². The predicted octanol–water partition coefficient (Wildman–Crippen LogP) is 3.85. The molecule has 1 aromatic rings. The van der Waals surface area contributed by atoms with Crippen LogP contribution in [0, 0.1) is 13.8 Å². The van der Waals surface area contributed by atoms with Crippen molar-refractivity contribution in [2.45, 2.75) is 19.4 Å². The van der Waals surface area contributed by atoms with E-state index in [9.17, 15) is 13.2 Å². The molecule has 0 fully saturated rings. The summed E-state index contributed by atoms with van der Waals surface area (Å²) in [6, 6.07) is 4.82. The maximum Gasteiger partial charge on any atom is 0.479 e. The third kappa shape index (κ3) is 3.49. The molecule has 0 aliphatic heterocycles. The molecule has 1 rings (SSSR count). The second-order valence-corrected chi connectivity index (χ2v) is 3.65. The van der Waals surface area contributed by atoms with Crippen molar-refractivity contribution >= 4 is 12.0 Å². The Labute approximate surface area is 84.5 Å². The van der Waals surface area contributed by atoms with Crippen molar-refractivity contribution in [3.63, 3.8) is 0 Å². The Morgan fingerprint density at radius 3 is 2.29 bits per heavy atom. The molecule has 0 N–H and O–H groups in total. The molecule has 0 aliphatic rings. The van der Waals surface area contributed by atoms with Crippen LogP contribution in [0.25, 0.3) is 0 Å². The highest BCUT2D eigenvalue weighted by Gasteiger charge is 2.31. The first-order chi connectivity index (χ1) is 6.38. The minimum atomic E-state index is -4.36. The SMILES string of the molecule is Cc1ccc(OSC(F)(F)F)cc1C. The third-order valence-electron chi connectivity index (χ3n) is 1.71. The molecule has 14 heavy (non-hydrogen) atoms. The van der Waals surface area contributed by atoms with Crippen molar-refractivity contribution in [2.75, 3.05) is 0 Å². The van der Waals surface area contributed by atoms with Gasteiger partial charge in [0.05, 0.1) is 0 Å². The second kappa shape index (κ2) is 4.13. The smallest absolute Gasteiger partial charge is 0.417 e. The van der Waals surface area contributed by atoms with Gasteiger partial charge in [0.15, 0.2) is 12.0 Å². The van der Waals surface area contributed by atoms with Crippen LogP contribution in [0.15, 0.2) is 18.2 Å². The number of aryl methyl sites for hydroxylation is 2. The predicted molar refractivity (Wildman–Crippen MR) is 50.2 cm³/mol. The summed E-state index contributed by atoms with van der Waals surface area (Å²) in [5.41, 5.74) is -2.43. The summed E-state index contributed by atoms with van der Waals surface area (Å²) in [7, 11) is 0. The molecule has 78 valence electrons. The van der Waals surface area contributed by atoms with E-state index in [0.717, 1.165) is 11.1 Å². The van der Waals surface area contributed by atoms with E-state index in [-0.39, 0.29) is 5.75 Å². The highest BCUT2D eigenvalue weighted by atomic mass is 32.2. The third-order valence-corrected chi connectivity index (χ3v) is 2.18. The molecular formula is C9H9F3OS. The maximum atomic E-state index is 11.8. The fourth-order valence-electron chi connectivity index (χ4n) is 0.861. The van der Waals surface area contributed by atoms with E-state index in [2.05, 4.69) is 4.18 Å². The van der Waals surface area contributed by atoms with Gasteiger partial charge < -0.3 is 4.18 Å². The van der Waals surface area contributed by atoms with E-state index >= 15 is 0 Å². The second-order valence-electron chi connectivity index (χ2n) is 2.86. The van der Waals surface area contributed by atoms with Crippen molar-refractivity contribution in [1.29, 1.82) is 0 Å². The highest BCUT2D eigenvalue weighted by Crippen LogP contribution is 2.32. The Kier molecular flexibility index (Phi) is 3.31. The lowest BCUT2D eigenvalue weighted by Gasteiger charge is -2.07. The normalized spacial score (nSPS) is 11.5. The van der Waals surface area contributed by atoms with Gasteiger partial charge in [0.25, 0.3) is 0 Å². The van der Waals surface area contributed by atoms with Gasteiger partial charge in [0.1, 0.15) is 5.75 Å². The number of hydrogen-bond acceptors (Lipinski definition) is 2. The molecule has 0 heterocycles. The summed E-state index contributed by atoms with van der Waals surface area (Å²) in [5, 5.41) is 0. The van der Waals surface area contributed by atoms with Gasteiger partial charge in [-0.05, 0) is 37.1 Å². The van der Waals surface area contributed by atoms with E-state index in [1.54, 1.807) is 12.1 Å². The quantitative estimate of drug-likeness (QED) is 0.703. The highest BCUT2D eigenvalue weighted by molar-refractivity contribution is 7.95. The molecule has 0 amide bonds. The molecule has 0 bridgehead atoms. The maximum absolute atomic E-state index is 11.8. The molecule has 0 saturated heterocycles. The molecule has 0 spiro atoms. The van der Waals surface area contributed by atoms with Gasteiger partial charge in [-0.15, -0.1) is 0 Å². The minimum Gasteiger partial charge on any atom is -0.417 e. The molecule has 0 atom stereocenters. The summed E-state index contributed by atoms with van der Waals surface area (Å²) in [4.78, 5) is 0. The molecule has 0 radical (unpaired) electrons. The van der Waals surface area contributed by atoms with Crippen LogP contribution in [-0.4, -0.2) is 5.51 Å². The topological polar surface area (TPSA) is 9.23 Å². The summed E-state index contributed by atoms with van der Waals surface area (Å²) < 4.78 is 39.8. The van der Waals surface area contributed by atoms with Crippen LogP contribution in [0.3, 0.4) is 0 Å². The van der Waals surface area contributed by atoms with Gasteiger partial charge in [-0.3, -0.25) is 0 Å². The summed E-state index contributed by atoms with van der Waals surface area (Å²) >= 11 is -0.499. The van der Waals surface area contributed by atoms with E-state index in [1.807, 2.05) is 13.8 Å². The largest absolute Gasteiger partial charge is 0.479 e. The molecule has 5 heteroatoms. The number of alkyl halides is 3. The van der Waals surface area contributed by atoms with E-state index < -0.39 is 17.6 Å². The molecular weight excluding hydrogens is 213 g/mol. The summed E-state index contributed by atoms with van der Waals surface area (Å²) in [5.74, 6) is 0.218. The summed E-state index contributed by atoms with van der Waals surface area (Å²) in [6.45, 7) is 3.70. The Hall–Kier alpha value is -0.840. The van der Waals surface area contributed by atoms with Crippen LogP contribution >= 0.6 is 12.0 Å². The first-order valence-electron chi connectivity index (χ1n) is 3.88. The minimum absolute atomic E-state index is 0.218. The standard InChI is InChI=1S/C9H9F3OS/c1-6-3-4-8(5-7(6)2)13-14-9(10,11)12/h3-5H,1-2H3. The first kappa shape index (κ1) is 11.2. The van der Waals surface area contributed by atoms with Gasteiger partial charge >= 0.3 is 5.51 Å². The number of hydrogen-bond donors (Lipinski definition) is 0. The fourth-order valence-corrected chi connectivity index (χ4v) is 1.16. The molecule has 1 aromatic carbocycles. The lowest BCUT2D eigenvalue weighted by molar-refractivity contribution is -0.0369. The van der Waals surface area contributed by atoms with Crippen molar-refractivity contribution in [3.8, 4) is 5.75 Å². The van der Waals surface area contributed by atoms with Gasteiger partial charge in [0.2, 0.25) is 0 Å². The van der Waals surface area contributed by atoms with Gasteiger partial charge in [0, 0.05) is 0 Å². The van der Waals surface area contributed by atoms with Crippen LogP contribution in [-0.2, 0) is 0 Å². The van der Waals surface area contributed by atoms with Gasteiger partial charge in [-0.1, -0.05) is 6.07 Å². The zero-order valence-electron chi connectivity index (χ0n) is 7.68. The van der Waals surface area contributed by atoms with Crippen LogP contribution in [0.4, 0.5) is 13.2 Å². The van der Waals surface area contributed by atoms with E-state index in [4.69, 9.17) is 0 Å². The Bertz CT molecular complexity index is 322. The number of rotatable bonds is 2. The number of benzene rings is 1. The first-order valence-corrected chi connectivity index (χ1v) is 4.62. The van der Waals surface area contributed by atoms with Crippen LogP contribution in [0.2, 0.25) is 0 Å². The number of halogens is 3. The molecule has 0 saturated carbocycles. The van der Waals surface area contributed by atoms with E-state index in [1.165, 1.54) is 6.07 Å². The monoisotopic (exact) mass is 222 g/mol. The zero-order chi connectivity index (χ0) is 10.8. The van der Waals surface area contributed by atoms with Gasteiger partial charge in [-0.25, -0.2) is 0 Å². The van der Waals surface area contributed by atoms with Crippen molar-refractivity contribution in [3.05, 3.63) is 29.3 Å². The van der Waals surface area contributed by atoms with Crippen molar-refractivity contribution < 1.29 is 17.4 Å². The Balaban J connectivity index is 2.65. The average Bonchev–Trinajstić information content (AvgIpc) is 2.06. The molecule has 0 aromatic heterocycles. The molecule has 0 unspecified atom stereocenters. The van der Waals surface area contributed by atoms with Crippen LogP contribution in [0.5, 0.6) is 5.75 Å². The van der Waals surface area contributed by atoms with Crippen LogP contribution in [0.1, 0.15) is 11.1 Å². The summed E-state index contributed by atoms with van der Waals surface area (Å²) in [6.07, 6.45) is 0. The molecule has 1 nitrogen and oxygen atoms in total. The van der Waals surface area contributed by atoms with Crippen molar-refractivity contribution in [1.82, 2.24) is 0 Å². The molecule has 0 aliphatic carbocycles. The Morgan fingerprint density at radius 1 is 1.14 bits per heavy atom. The van der Waals surface area contributed by atoms with E-state index in [0.29, 0.717) is 0 Å². The Morgan fingerprint density at radius 2 is 1.79 bits per heavy atom. The van der Waals surface area contributed by atoms with Crippen LogP contribution < -0.4 is 4.18 Å². The lowest BCUT2D eigenvalue weighted by Crippen LogP contribution is -2.02. The zero-order valence-corrected chi connectivity index (χ0v) is 8.50. The fraction of sp³-hybridized carbons (Fsp3) is 0.333. The van der Waals surface area contributed by atoms with Gasteiger partial charge in [-0.2, -0.15) is 13.2 Å². The average molecular weight is 222 g/mol.